The van der Waals surface area contributed by atoms with Crippen molar-refractivity contribution in [2.75, 3.05) is 47.0 Å². The van der Waals surface area contributed by atoms with Crippen molar-refractivity contribution < 1.29 is 28.7 Å². The number of ether oxygens (including phenoxy) is 2. The van der Waals surface area contributed by atoms with E-state index in [-0.39, 0.29) is 49.6 Å². The molecule has 2 aliphatic heterocycles. The molecular formula is C50H66N8O6. The Hall–Kier alpha value is -5.69. The van der Waals surface area contributed by atoms with E-state index in [1.807, 2.05) is 38.2 Å². The number of nitrogens with one attached hydrogen (secondary N) is 2. The minimum atomic E-state index is -1.02. The molecule has 2 aliphatic rings. The maximum Gasteiger partial charge on any atom is 0.324 e. The number of aliphatic imine (C=N–C) groups is 2. The Morgan fingerprint density at radius 3 is 2.56 bits per heavy atom. The molecule has 0 spiro atoms. The van der Waals surface area contributed by atoms with Gasteiger partial charge >= 0.3 is 5.97 Å². The first-order valence-corrected chi connectivity index (χ1v) is 22.7. The van der Waals surface area contributed by atoms with E-state index >= 15 is 0 Å². The maximum absolute atomic E-state index is 14.6. The summed E-state index contributed by atoms with van der Waals surface area (Å²) in [6.45, 7) is 16.8. The van der Waals surface area contributed by atoms with Crippen molar-refractivity contribution in [1.29, 1.82) is 0 Å². The first-order valence-electron chi connectivity index (χ1n) is 22.7. The molecule has 0 aliphatic carbocycles. The zero-order chi connectivity index (χ0) is 46.1. The molecule has 64 heavy (non-hydrogen) atoms. The number of cyclic esters (lactones) is 1. The lowest BCUT2D eigenvalue weighted by Gasteiger charge is -2.36. The SMILES string of the molecule is CCn1c(-c2cccnc2C(C)C)c2c3cc(ccc31)-c1cccc(c1)C[C@H](NC(=O)[C@H](C(C)C)N(C)C(=O)CCN=C=NCCOC)C(=O)N1CCC[C@H](N1)C(=O)OCC(C)(C)C2. The predicted molar refractivity (Wildman–Crippen MR) is 250 cm³/mol. The van der Waals surface area contributed by atoms with E-state index in [4.69, 9.17) is 14.5 Å². The minimum absolute atomic E-state index is 0.0571. The summed E-state index contributed by atoms with van der Waals surface area (Å²) in [5.74, 6) is -1.62. The first kappa shape index (κ1) is 47.8. The van der Waals surface area contributed by atoms with Crippen molar-refractivity contribution in [1.82, 2.24) is 30.2 Å². The van der Waals surface area contributed by atoms with Gasteiger partial charge in [-0.1, -0.05) is 71.9 Å². The number of aromatic nitrogens is 2. The first-order chi connectivity index (χ1) is 30.6. The number of carbonyl (C=O) groups is 4. The van der Waals surface area contributed by atoms with Crippen LogP contribution in [0.5, 0.6) is 0 Å². The number of pyridine rings is 1. The summed E-state index contributed by atoms with van der Waals surface area (Å²) >= 11 is 0. The predicted octanol–water partition coefficient (Wildman–Crippen LogP) is 6.86. The normalized spacial score (nSPS) is 18.3. The molecule has 6 bridgehead atoms. The highest BCUT2D eigenvalue weighted by molar-refractivity contribution is 5.96. The molecule has 0 unspecified atom stereocenters. The van der Waals surface area contributed by atoms with Gasteiger partial charge in [-0.2, -0.15) is 0 Å². The minimum Gasteiger partial charge on any atom is -0.464 e. The number of aryl methyl sites for hydroxylation is 1. The molecule has 4 heterocycles. The average molecular weight is 875 g/mol. The molecule has 2 N–H and O–H groups in total. The van der Waals surface area contributed by atoms with Crippen LogP contribution in [-0.4, -0.2) is 114 Å². The number of fused-ring (bicyclic) bond motifs is 6. The van der Waals surface area contributed by atoms with Crippen molar-refractivity contribution >= 4 is 40.6 Å². The van der Waals surface area contributed by atoms with Crippen LogP contribution in [-0.2, 0) is 48.0 Å². The lowest BCUT2D eigenvalue weighted by atomic mass is 9.83. The smallest absolute Gasteiger partial charge is 0.324 e. The van der Waals surface area contributed by atoms with E-state index < -0.39 is 35.4 Å². The van der Waals surface area contributed by atoms with Crippen molar-refractivity contribution in [3.63, 3.8) is 0 Å². The lowest BCUT2D eigenvalue weighted by molar-refractivity contribution is -0.155. The fourth-order valence-electron chi connectivity index (χ4n) is 8.96. The molecule has 14 heteroatoms. The van der Waals surface area contributed by atoms with Gasteiger partial charge in [0.2, 0.25) is 11.8 Å². The molecule has 4 aromatic rings. The average Bonchev–Trinajstić information content (AvgIpc) is 3.58. The van der Waals surface area contributed by atoms with Crippen LogP contribution in [0.25, 0.3) is 33.3 Å². The number of methoxy groups -OCH3 is 1. The summed E-state index contributed by atoms with van der Waals surface area (Å²) < 4.78 is 13.5. The van der Waals surface area contributed by atoms with Gasteiger partial charge < -0.3 is 24.3 Å². The lowest BCUT2D eigenvalue weighted by Crippen LogP contribution is -2.62. The van der Waals surface area contributed by atoms with Crippen LogP contribution in [0.1, 0.15) is 90.5 Å². The van der Waals surface area contributed by atoms with Crippen molar-refractivity contribution in [2.45, 2.75) is 111 Å². The van der Waals surface area contributed by atoms with Gasteiger partial charge in [-0.3, -0.25) is 29.2 Å². The number of nitrogens with zero attached hydrogens (tertiary/aromatic N) is 6. The maximum atomic E-state index is 14.6. The molecule has 3 atom stereocenters. The number of carbonyl (C=O) groups excluding carboxylic acids is 4. The zero-order valence-electron chi connectivity index (χ0n) is 39.1. The fraction of sp³-hybridized carbons (Fsp3) is 0.520. The van der Waals surface area contributed by atoms with Crippen molar-refractivity contribution in [2.24, 2.45) is 21.3 Å². The quantitative estimate of drug-likeness (QED) is 0.0838. The Balaban J connectivity index is 1.40. The highest BCUT2D eigenvalue weighted by Crippen LogP contribution is 2.42. The fourth-order valence-corrected chi connectivity index (χ4v) is 8.96. The second-order valence-corrected chi connectivity index (χ2v) is 18.4. The number of benzene rings is 2. The molecule has 0 saturated carbocycles. The van der Waals surface area contributed by atoms with Gasteiger partial charge in [-0.15, -0.1) is 0 Å². The van der Waals surface area contributed by atoms with Gasteiger partial charge in [0.25, 0.3) is 5.91 Å². The van der Waals surface area contributed by atoms with Crippen LogP contribution < -0.4 is 10.7 Å². The van der Waals surface area contributed by atoms with Crippen LogP contribution in [0.4, 0.5) is 0 Å². The van der Waals surface area contributed by atoms with E-state index in [1.165, 1.54) is 15.5 Å². The summed E-state index contributed by atoms with van der Waals surface area (Å²) in [6.07, 6.45) is 3.77. The number of hydrogen-bond acceptors (Lipinski definition) is 10. The number of rotatable bonds is 13. The number of likely N-dealkylation sites (N-methyl/N-ethyl adjacent to an activating group) is 1. The van der Waals surface area contributed by atoms with E-state index in [1.54, 1.807) is 14.2 Å². The highest BCUT2D eigenvalue weighted by Gasteiger charge is 2.37. The molecule has 2 aromatic carbocycles. The summed E-state index contributed by atoms with van der Waals surface area (Å²) in [5, 5.41) is 5.61. The zero-order valence-corrected chi connectivity index (χ0v) is 39.1. The Kier molecular flexibility index (Phi) is 15.9. The molecule has 3 amide bonds. The second kappa shape index (κ2) is 21.3. The topological polar surface area (TPSA) is 160 Å². The van der Waals surface area contributed by atoms with Gasteiger partial charge in [0, 0.05) is 68.2 Å². The monoisotopic (exact) mass is 875 g/mol. The number of esters is 1. The Morgan fingerprint density at radius 2 is 1.83 bits per heavy atom. The highest BCUT2D eigenvalue weighted by atomic mass is 16.5. The summed E-state index contributed by atoms with van der Waals surface area (Å²) in [4.78, 5) is 70.6. The summed E-state index contributed by atoms with van der Waals surface area (Å²) in [5.41, 5.74) is 11.0. The number of hydrogen-bond donors (Lipinski definition) is 2. The van der Waals surface area contributed by atoms with E-state index in [0.717, 1.165) is 51.1 Å². The second-order valence-electron chi connectivity index (χ2n) is 18.4. The molecule has 1 saturated heterocycles. The van der Waals surface area contributed by atoms with Crippen LogP contribution in [0.2, 0.25) is 0 Å². The van der Waals surface area contributed by atoms with Gasteiger partial charge in [0.05, 0.1) is 43.7 Å². The number of amides is 3. The summed E-state index contributed by atoms with van der Waals surface area (Å²) in [6, 6.07) is 18.8. The van der Waals surface area contributed by atoms with Gasteiger partial charge in [-0.25, -0.2) is 15.4 Å². The van der Waals surface area contributed by atoms with Gasteiger partial charge in [0.15, 0.2) is 0 Å². The Labute approximate surface area is 377 Å². The van der Waals surface area contributed by atoms with Crippen molar-refractivity contribution in [3.05, 3.63) is 77.6 Å². The molecule has 6 rings (SSSR count). The largest absolute Gasteiger partial charge is 0.464 e. The Bertz CT molecular complexity index is 2380. The van der Waals surface area contributed by atoms with Crippen LogP contribution in [0.3, 0.4) is 0 Å². The van der Waals surface area contributed by atoms with Crippen LogP contribution in [0, 0.1) is 11.3 Å². The Morgan fingerprint density at radius 1 is 1.06 bits per heavy atom. The van der Waals surface area contributed by atoms with E-state index in [2.05, 4.69) is 102 Å². The molecule has 342 valence electrons. The van der Waals surface area contributed by atoms with Crippen LogP contribution >= 0.6 is 0 Å². The third kappa shape index (κ3) is 11.1. The molecule has 2 aromatic heterocycles. The van der Waals surface area contributed by atoms with Crippen LogP contribution in [0.15, 0.2) is 70.8 Å². The van der Waals surface area contributed by atoms with Gasteiger partial charge in [-0.05, 0) is 84.5 Å². The third-order valence-electron chi connectivity index (χ3n) is 12.1. The molecule has 14 nitrogen and oxygen atoms in total. The van der Waals surface area contributed by atoms with Gasteiger partial charge in [0.1, 0.15) is 18.1 Å². The summed E-state index contributed by atoms with van der Waals surface area (Å²) in [7, 11) is 3.18. The molecule has 1 fully saturated rings. The third-order valence-corrected chi connectivity index (χ3v) is 12.1. The van der Waals surface area contributed by atoms with E-state index in [0.29, 0.717) is 39.0 Å². The number of hydrazine groups is 1. The molecule has 0 radical (unpaired) electrons. The standard InChI is InChI=1S/C50H66N8O6/c1-10-57-42-19-18-36-28-38(42)39(46(57)37-16-12-21-53-44(37)32(2)3)29-50(6,7)30-64-49(62)40-17-13-24-58(55-40)48(61)41(27-34-14-11-15-35(36)26-34)54-47(60)45(33(4)5)56(8)43(59)20-22-51-31-52-23-25-63-9/h11-12,14-16,18-19,21,26,28,32-33,40-41,45,55H,10,13,17,20,22-25,27,29-30H2,1-9H3,(H,54,60)/t40-,41-,45-/m0/s1. The van der Waals surface area contributed by atoms with Crippen molar-refractivity contribution in [3.8, 4) is 22.4 Å². The van der Waals surface area contributed by atoms with E-state index in [9.17, 15) is 19.2 Å². The molecular weight excluding hydrogens is 809 g/mol.